The molecule has 0 aliphatic rings. The van der Waals surface area contributed by atoms with Crippen LogP contribution in [0.15, 0.2) is 90.5 Å². The molecule has 5 aromatic rings. The van der Waals surface area contributed by atoms with Crippen molar-refractivity contribution in [1.82, 2.24) is 14.5 Å². The van der Waals surface area contributed by atoms with Gasteiger partial charge >= 0.3 is 0 Å². The van der Waals surface area contributed by atoms with Crippen LogP contribution < -0.4 is 10.1 Å². The molecule has 2 aromatic heterocycles. The minimum Gasteiger partial charge on any atom is -0.497 e. The molecular weight excluding hydrogens is 414 g/mol. The van der Waals surface area contributed by atoms with Crippen LogP contribution >= 0.6 is 0 Å². The number of anilines is 1. The number of nitroso groups, excluding NO2 is 1. The van der Waals surface area contributed by atoms with Crippen molar-refractivity contribution in [2.24, 2.45) is 5.18 Å². The highest BCUT2D eigenvalue weighted by Gasteiger charge is 2.14. The number of benzene rings is 3. The summed E-state index contributed by atoms with van der Waals surface area (Å²) in [6.45, 7) is 0. The number of hydrogen-bond donors (Lipinski definition) is 1. The Hall–Kier alpha value is -4.52. The van der Waals surface area contributed by atoms with Gasteiger partial charge in [-0.05, 0) is 52.2 Å². The quantitative estimate of drug-likeness (QED) is 0.321. The second-order valence-corrected chi connectivity index (χ2v) is 7.53. The number of methoxy groups -OCH3 is 1. The van der Waals surface area contributed by atoms with Crippen LogP contribution in [0.2, 0.25) is 0 Å². The Balaban J connectivity index is 1.73. The monoisotopic (exact) mass is 435 g/mol. The van der Waals surface area contributed by atoms with Gasteiger partial charge in [-0.3, -0.25) is 0 Å². The van der Waals surface area contributed by atoms with Crippen molar-refractivity contribution < 1.29 is 4.74 Å². The molecule has 0 saturated heterocycles. The Kier molecular flexibility index (Phi) is 5.28. The standard InChI is InChI=1S/C26H21N5O2/c1-27-25-14-26(29-16-28-25)31-15-23(17-6-9-21(33-2)10-7-17)22-11-8-19(13-24(22)31)18-4-3-5-20(12-18)30-32/h3-16H,1-2H3,(H,27,28,29). The van der Waals surface area contributed by atoms with Crippen LogP contribution in [0.5, 0.6) is 5.75 Å². The predicted octanol–water partition coefficient (Wildman–Crippen LogP) is 6.20. The number of rotatable bonds is 6. The molecule has 0 spiro atoms. The molecule has 7 nitrogen and oxygen atoms in total. The van der Waals surface area contributed by atoms with Crippen molar-refractivity contribution in [3.05, 3.63) is 90.2 Å². The van der Waals surface area contributed by atoms with Crippen LogP contribution in [-0.2, 0) is 0 Å². The van der Waals surface area contributed by atoms with E-state index < -0.39 is 0 Å². The Morgan fingerprint density at radius 3 is 2.45 bits per heavy atom. The van der Waals surface area contributed by atoms with Gasteiger partial charge in [0, 0.05) is 30.3 Å². The molecule has 162 valence electrons. The van der Waals surface area contributed by atoms with Gasteiger partial charge in [-0.25, -0.2) is 9.97 Å². The van der Waals surface area contributed by atoms with Gasteiger partial charge in [-0.1, -0.05) is 36.4 Å². The molecule has 0 saturated carbocycles. The van der Waals surface area contributed by atoms with Crippen molar-refractivity contribution in [3.8, 4) is 33.8 Å². The van der Waals surface area contributed by atoms with E-state index in [1.165, 1.54) is 0 Å². The number of hydrogen-bond acceptors (Lipinski definition) is 6. The summed E-state index contributed by atoms with van der Waals surface area (Å²) in [5, 5.41) is 7.22. The van der Waals surface area contributed by atoms with Crippen molar-refractivity contribution in [1.29, 1.82) is 0 Å². The largest absolute Gasteiger partial charge is 0.497 e. The summed E-state index contributed by atoms with van der Waals surface area (Å²) in [5.41, 5.74) is 5.44. The third-order valence-electron chi connectivity index (χ3n) is 5.65. The van der Waals surface area contributed by atoms with Crippen LogP contribution in [-0.4, -0.2) is 28.7 Å². The van der Waals surface area contributed by atoms with Gasteiger partial charge < -0.3 is 14.6 Å². The molecule has 0 aliphatic carbocycles. The Morgan fingerprint density at radius 2 is 1.70 bits per heavy atom. The number of nitrogens with zero attached hydrogens (tertiary/aromatic N) is 4. The van der Waals surface area contributed by atoms with Gasteiger partial charge in [-0.2, -0.15) is 0 Å². The van der Waals surface area contributed by atoms with Crippen molar-refractivity contribution in [2.45, 2.75) is 0 Å². The molecule has 2 heterocycles. The zero-order chi connectivity index (χ0) is 22.8. The SMILES string of the molecule is CNc1cc(-n2cc(-c3ccc(OC)cc3)c3ccc(-c4cccc(N=O)c4)cc32)ncn1. The lowest BCUT2D eigenvalue weighted by Crippen LogP contribution is -2.00. The van der Waals surface area contributed by atoms with E-state index in [9.17, 15) is 4.91 Å². The number of fused-ring (bicyclic) bond motifs is 1. The lowest BCUT2D eigenvalue weighted by Gasteiger charge is -2.08. The van der Waals surface area contributed by atoms with Crippen molar-refractivity contribution in [2.75, 3.05) is 19.5 Å². The first-order valence-corrected chi connectivity index (χ1v) is 10.4. The van der Waals surface area contributed by atoms with Gasteiger partial charge in [0.25, 0.3) is 0 Å². The minimum absolute atomic E-state index is 0.399. The summed E-state index contributed by atoms with van der Waals surface area (Å²) in [5.74, 6) is 2.29. The summed E-state index contributed by atoms with van der Waals surface area (Å²) in [6.07, 6.45) is 3.63. The molecule has 0 bridgehead atoms. The predicted molar refractivity (Wildman–Crippen MR) is 131 cm³/mol. The van der Waals surface area contributed by atoms with E-state index in [4.69, 9.17) is 4.74 Å². The molecule has 0 fully saturated rings. The summed E-state index contributed by atoms with van der Waals surface area (Å²) in [6, 6.07) is 23.4. The maximum absolute atomic E-state index is 11.0. The summed E-state index contributed by atoms with van der Waals surface area (Å²) in [4.78, 5) is 19.8. The van der Waals surface area contributed by atoms with E-state index in [-0.39, 0.29) is 0 Å². The summed E-state index contributed by atoms with van der Waals surface area (Å²) in [7, 11) is 3.49. The van der Waals surface area contributed by atoms with Gasteiger partial charge in [0.15, 0.2) is 0 Å². The van der Waals surface area contributed by atoms with Crippen LogP contribution in [0, 0.1) is 4.91 Å². The first-order valence-electron chi connectivity index (χ1n) is 10.4. The number of aromatic nitrogens is 3. The van der Waals surface area contributed by atoms with Crippen molar-refractivity contribution in [3.63, 3.8) is 0 Å². The second-order valence-electron chi connectivity index (χ2n) is 7.53. The van der Waals surface area contributed by atoms with E-state index in [1.54, 1.807) is 25.6 Å². The third-order valence-corrected chi connectivity index (χ3v) is 5.65. The smallest absolute Gasteiger partial charge is 0.142 e. The van der Waals surface area contributed by atoms with Gasteiger partial charge in [-0.15, -0.1) is 4.91 Å². The Bertz CT molecular complexity index is 1460. The molecule has 3 aromatic carbocycles. The number of ether oxygens (including phenoxy) is 1. The fourth-order valence-electron chi connectivity index (χ4n) is 3.95. The lowest BCUT2D eigenvalue weighted by molar-refractivity contribution is 0.415. The maximum atomic E-state index is 11.0. The lowest BCUT2D eigenvalue weighted by atomic mass is 10.0. The first-order chi connectivity index (χ1) is 16.2. The van der Waals surface area contributed by atoms with E-state index in [0.717, 1.165) is 50.5 Å². The zero-order valence-corrected chi connectivity index (χ0v) is 18.2. The molecule has 5 rings (SSSR count). The van der Waals surface area contributed by atoms with Crippen LogP contribution in [0.4, 0.5) is 11.5 Å². The average Bonchev–Trinajstić information content (AvgIpc) is 3.27. The van der Waals surface area contributed by atoms with Gasteiger partial charge in [0.05, 0.1) is 12.6 Å². The minimum atomic E-state index is 0.399. The Labute approximate surface area is 190 Å². The van der Waals surface area contributed by atoms with E-state index in [2.05, 4.69) is 49.4 Å². The van der Waals surface area contributed by atoms with E-state index in [0.29, 0.717) is 5.69 Å². The summed E-state index contributed by atoms with van der Waals surface area (Å²) < 4.78 is 7.38. The maximum Gasteiger partial charge on any atom is 0.142 e. The highest BCUT2D eigenvalue weighted by Crippen LogP contribution is 2.36. The summed E-state index contributed by atoms with van der Waals surface area (Å²) >= 11 is 0. The normalized spacial score (nSPS) is 10.8. The fourth-order valence-corrected chi connectivity index (χ4v) is 3.95. The van der Waals surface area contributed by atoms with E-state index in [1.807, 2.05) is 49.5 Å². The topological polar surface area (TPSA) is 81.4 Å². The molecule has 0 amide bonds. The van der Waals surface area contributed by atoms with Crippen molar-refractivity contribution >= 4 is 22.4 Å². The molecule has 0 unspecified atom stereocenters. The highest BCUT2D eigenvalue weighted by molar-refractivity contribution is 5.99. The molecule has 7 heteroatoms. The van der Waals surface area contributed by atoms with Crippen LogP contribution in [0.3, 0.4) is 0 Å². The molecular formula is C26H21N5O2. The van der Waals surface area contributed by atoms with Crippen LogP contribution in [0.25, 0.3) is 39.0 Å². The molecule has 33 heavy (non-hydrogen) atoms. The van der Waals surface area contributed by atoms with Gasteiger partial charge in [0.1, 0.15) is 29.4 Å². The second kappa shape index (κ2) is 8.55. The first kappa shape index (κ1) is 20.4. The number of nitrogens with one attached hydrogen (secondary N) is 1. The molecule has 1 N–H and O–H groups in total. The van der Waals surface area contributed by atoms with Gasteiger partial charge in [0.2, 0.25) is 0 Å². The fraction of sp³-hybridized carbons (Fsp3) is 0.0769. The highest BCUT2D eigenvalue weighted by atomic mass is 16.5. The molecule has 0 radical (unpaired) electrons. The average molecular weight is 435 g/mol. The molecule has 0 aliphatic heterocycles. The third kappa shape index (κ3) is 3.80. The zero-order valence-electron chi connectivity index (χ0n) is 18.2. The van der Waals surface area contributed by atoms with Crippen LogP contribution in [0.1, 0.15) is 0 Å². The molecule has 0 atom stereocenters. The Morgan fingerprint density at radius 1 is 0.909 bits per heavy atom. The van der Waals surface area contributed by atoms with E-state index >= 15 is 0 Å².